The van der Waals surface area contributed by atoms with Gasteiger partial charge in [-0.15, -0.1) is 0 Å². The Labute approximate surface area is 159 Å². The first-order chi connectivity index (χ1) is 12.9. The Hall–Kier alpha value is -2.41. The van der Waals surface area contributed by atoms with Gasteiger partial charge in [0, 0.05) is 31.3 Å². The Morgan fingerprint density at radius 2 is 2.07 bits per heavy atom. The molecule has 0 spiro atoms. The van der Waals surface area contributed by atoms with E-state index in [4.69, 9.17) is 10.5 Å². The van der Waals surface area contributed by atoms with Crippen molar-refractivity contribution in [1.82, 2.24) is 20.1 Å². The number of aromatic amines is 1. The predicted octanol–water partition coefficient (Wildman–Crippen LogP) is 2.74. The monoisotopic (exact) mass is 369 g/mol. The molecular formula is C20H27N5O2. The first kappa shape index (κ1) is 18.0. The van der Waals surface area contributed by atoms with Crippen molar-refractivity contribution in [3.63, 3.8) is 0 Å². The number of likely N-dealkylation sites (tertiary alicyclic amines) is 1. The van der Waals surface area contributed by atoms with Gasteiger partial charge < -0.3 is 15.4 Å². The number of aryl methyl sites for hydroxylation is 1. The van der Waals surface area contributed by atoms with E-state index < -0.39 is 0 Å². The Morgan fingerprint density at radius 1 is 1.33 bits per heavy atom. The number of piperidine rings is 1. The smallest absolute Gasteiger partial charge is 0.274 e. The fraction of sp³-hybridized carbons (Fsp3) is 0.550. The molecule has 2 aliphatic heterocycles. The summed E-state index contributed by atoms with van der Waals surface area (Å²) in [5.74, 6) is 1.00. The van der Waals surface area contributed by atoms with E-state index in [0.717, 1.165) is 43.6 Å². The van der Waals surface area contributed by atoms with Gasteiger partial charge in [-0.3, -0.25) is 9.89 Å². The third kappa shape index (κ3) is 3.32. The van der Waals surface area contributed by atoms with Crippen LogP contribution in [0, 0.1) is 6.92 Å². The number of hydrogen-bond donors (Lipinski definition) is 2. The minimum atomic E-state index is -0.0514. The summed E-state index contributed by atoms with van der Waals surface area (Å²) in [7, 11) is 0. The van der Waals surface area contributed by atoms with Crippen molar-refractivity contribution in [2.75, 3.05) is 18.8 Å². The molecule has 3 N–H and O–H groups in total. The fourth-order valence-corrected chi connectivity index (χ4v) is 4.41. The van der Waals surface area contributed by atoms with Crippen molar-refractivity contribution in [3.05, 3.63) is 40.3 Å². The molecule has 2 aromatic heterocycles. The van der Waals surface area contributed by atoms with Crippen LogP contribution in [0.1, 0.15) is 71.6 Å². The lowest BCUT2D eigenvalue weighted by Gasteiger charge is -2.33. The lowest BCUT2D eigenvalue weighted by Crippen LogP contribution is -2.39. The third-order valence-corrected chi connectivity index (χ3v) is 5.83. The number of fused-ring (bicyclic) bond motifs is 1. The normalized spacial score (nSPS) is 23.3. The van der Waals surface area contributed by atoms with Gasteiger partial charge in [-0.2, -0.15) is 5.10 Å². The average Bonchev–Trinajstić information content (AvgIpc) is 3.05. The molecule has 0 aromatic carbocycles. The number of nitrogens with one attached hydrogen (secondary N) is 1. The Morgan fingerprint density at radius 3 is 2.78 bits per heavy atom. The van der Waals surface area contributed by atoms with E-state index >= 15 is 0 Å². The van der Waals surface area contributed by atoms with Crippen LogP contribution in [0.4, 0.5) is 5.82 Å². The van der Waals surface area contributed by atoms with Crippen LogP contribution in [0.5, 0.6) is 0 Å². The second-order valence-corrected chi connectivity index (χ2v) is 7.79. The number of pyridine rings is 1. The van der Waals surface area contributed by atoms with Gasteiger partial charge in [0.15, 0.2) is 5.69 Å². The molecule has 27 heavy (non-hydrogen) atoms. The molecule has 4 heterocycles. The van der Waals surface area contributed by atoms with Crippen molar-refractivity contribution in [3.8, 4) is 0 Å². The number of hydrogen-bond acceptors (Lipinski definition) is 5. The van der Waals surface area contributed by atoms with Crippen molar-refractivity contribution in [2.24, 2.45) is 0 Å². The van der Waals surface area contributed by atoms with Gasteiger partial charge in [-0.1, -0.05) is 0 Å². The summed E-state index contributed by atoms with van der Waals surface area (Å²) in [5.41, 5.74) is 10.7. The summed E-state index contributed by atoms with van der Waals surface area (Å²) in [4.78, 5) is 19.2. The van der Waals surface area contributed by atoms with E-state index in [9.17, 15) is 4.79 Å². The number of amides is 1. The molecule has 1 amide bonds. The molecule has 1 fully saturated rings. The molecule has 0 saturated carbocycles. The molecule has 7 nitrogen and oxygen atoms in total. The zero-order chi connectivity index (χ0) is 19.1. The maximum absolute atomic E-state index is 13.1. The Balaban J connectivity index is 1.47. The minimum Gasteiger partial charge on any atom is -0.384 e. The quantitative estimate of drug-likeness (QED) is 0.848. The maximum Gasteiger partial charge on any atom is 0.274 e. The van der Waals surface area contributed by atoms with Gasteiger partial charge in [-0.25, -0.2) is 4.98 Å². The van der Waals surface area contributed by atoms with Crippen LogP contribution in [-0.4, -0.2) is 45.2 Å². The van der Waals surface area contributed by atoms with Crippen molar-refractivity contribution < 1.29 is 9.53 Å². The largest absolute Gasteiger partial charge is 0.384 e. The van der Waals surface area contributed by atoms with Gasteiger partial charge in [0.1, 0.15) is 5.82 Å². The molecule has 7 heteroatoms. The van der Waals surface area contributed by atoms with E-state index in [1.54, 1.807) is 0 Å². The highest BCUT2D eigenvalue weighted by molar-refractivity contribution is 5.94. The number of ether oxygens (including phenoxy) is 1. The van der Waals surface area contributed by atoms with E-state index in [1.165, 1.54) is 11.1 Å². The summed E-state index contributed by atoms with van der Waals surface area (Å²) in [5, 5.41) is 7.36. The number of nitrogens with zero attached hydrogens (tertiary/aromatic N) is 3. The van der Waals surface area contributed by atoms with Crippen LogP contribution in [0.25, 0.3) is 0 Å². The molecule has 1 saturated heterocycles. The number of carbonyl (C=O) groups excluding carboxylic acids is 1. The van der Waals surface area contributed by atoms with Gasteiger partial charge in [0.25, 0.3) is 5.91 Å². The predicted molar refractivity (Wildman–Crippen MR) is 103 cm³/mol. The number of anilines is 1. The van der Waals surface area contributed by atoms with E-state index in [2.05, 4.69) is 22.1 Å². The van der Waals surface area contributed by atoms with Crippen molar-refractivity contribution >= 4 is 11.7 Å². The Bertz CT molecular complexity index is 854. The van der Waals surface area contributed by atoms with Gasteiger partial charge >= 0.3 is 0 Å². The highest BCUT2D eigenvalue weighted by atomic mass is 16.5. The molecule has 0 aliphatic carbocycles. The van der Waals surface area contributed by atoms with E-state index in [1.807, 2.05) is 31.0 Å². The van der Waals surface area contributed by atoms with Gasteiger partial charge in [-0.05, 0) is 56.7 Å². The summed E-state index contributed by atoms with van der Waals surface area (Å²) < 4.78 is 5.82. The van der Waals surface area contributed by atoms with Crippen LogP contribution in [0.15, 0.2) is 12.3 Å². The van der Waals surface area contributed by atoms with E-state index in [-0.39, 0.29) is 18.1 Å². The molecule has 144 valence electrons. The van der Waals surface area contributed by atoms with Gasteiger partial charge in [0.05, 0.1) is 17.9 Å². The standard InChI is InChI=1S/C20H27N5O2/c1-11-8-17(21)22-10-16(11)14-4-6-25(7-5-14)20(26)19-15-9-12(2)27-13(3)18(15)23-24-19/h8,10,12-14H,4-7,9H2,1-3H3,(H2,21,22)(H,23,24)/t12-,13+/m1/s1. The molecule has 2 aromatic rings. The van der Waals surface area contributed by atoms with Crippen molar-refractivity contribution in [2.45, 2.75) is 58.2 Å². The van der Waals surface area contributed by atoms with Crippen molar-refractivity contribution in [1.29, 1.82) is 0 Å². The second kappa shape index (κ2) is 6.96. The maximum atomic E-state index is 13.1. The number of nitrogen functional groups attached to an aromatic ring is 1. The highest BCUT2D eigenvalue weighted by Gasteiger charge is 2.33. The first-order valence-corrected chi connectivity index (χ1v) is 9.68. The van der Waals surface area contributed by atoms with Crippen LogP contribution >= 0.6 is 0 Å². The highest BCUT2D eigenvalue weighted by Crippen LogP contribution is 2.33. The third-order valence-electron chi connectivity index (χ3n) is 5.83. The molecular weight excluding hydrogens is 342 g/mol. The fourth-order valence-electron chi connectivity index (χ4n) is 4.41. The van der Waals surface area contributed by atoms with E-state index in [0.29, 0.717) is 17.4 Å². The van der Waals surface area contributed by atoms with Crippen LogP contribution in [0.2, 0.25) is 0 Å². The lowest BCUT2D eigenvalue weighted by molar-refractivity contribution is -0.00702. The zero-order valence-electron chi connectivity index (χ0n) is 16.2. The van der Waals surface area contributed by atoms with Crippen LogP contribution in [-0.2, 0) is 11.2 Å². The molecule has 0 radical (unpaired) electrons. The number of carbonyl (C=O) groups is 1. The summed E-state index contributed by atoms with van der Waals surface area (Å²) in [6.45, 7) is 7.57. The number of aromatic nitrogens is 3. The summed E-state index contributed by atoms with van der Waals surface area (Å²) in [6, 6.07) is 1.92. The second-order valence-electron chi connectivity index (χ2n) is 7.79. The number of H-pyrrole nitrogens is 1. The lowest BCUT2D eigenvalue weighted by atomic mass is 9.87. The number of rotatable bonds is 2. The average molecular weight is 369 g/mol. The van der Waals surface area contributed by atoms with Crippen LogP contribution < -0.4 is 5.73 Å². The topological polar surface area (TPSA) is 97.1 Å². The van der Waals surface area contributed by atoms with Crippen LogP contribution in [0.3, 0.4) is 0 Å². The molecule has 0 unspecified atom stereocenters. The SMILES string of the molecule is Cc1cc(N)ncc1C1CCN(C(=O)c2n[nH]c3c2C[C@@H](C)O[C@H]3C)CC1. The molecule has 2 aliphatic rings. The summed E-state index contributed by atoms with van der Waals surface area (Å²) in [6.07, 6.45) is 4.53. The first-order valence-electron chi connectivity index (χ1n) is 9.68. The zero-order valence-corrected chi connectivity index (χ0v) is 16.2. The molecule has 0 bridgehead atoms. The molecule has 4 rings (SSSR count). The minimum absolute atomic E-state index is 0.0272. The Kier molecular flexibility index (Phi) is 4.63. The summed E-state index contributed by atoms with van der Waals surface area (Å²) >= 11 is 0. The molecule has 2 atom stereocenters. The number of nitrogens with two attached hydrogens (primary N) is 1. The van der Waals surface area contributed by atoms with Gasteiger partial charge in [0.2, 0.25) is 0 Å².